The molecule has 2 atom stereocenters. The number of hydrogen-bond donors (Lipinski definition) is 2. The Balaban J connectivity index is 1.56. The lowest BCUT2D eigenvalue weighted by molar-refractivity contribution is -0.126. The molecule has 30 heavy (non-hydrogen) atoms. The topological polar surface area (TPSA) is 70.6 Å². The second-order valence-corrected chi connectivity index (χ2v) is 7.92. The monoisotopic (exact) mass is 403 g/mol. The SMILES string of the molecule is CC1=CC[C@H](/C=N\NC(=O)CNC(=O)C(c2ccccc2)c2ccccc2)[C@H](C)C1. The molecule has 0 saturated heterocycles. The summed E-state index contributed by atoms with van der Waals surface area (Å²) in [5, 5.41) is 6.85. The van der Waals surface area contributed by atoms with Crippen molar-refractivity contribution in [3.63, 3.8) is 0 Å². The Morgan fingerprint density at radius 2 is 1.67 bits per heavy atom. The Labute approximate surface area is 178 Å². The number of benzene rings is 2. The molecule has 0 bridgehead atoms. The molecule has 0 spiro atoms. The fraction of sp³-hybridized carbons (Fsp3) is 0.320. The highest BCUT2D eigenvalue weighted by Crippen LogP contribution is 2.27. The van der Waals surface area contributed by atoms with Crippen LogP contribution in [0.4, 0.5) is 0 Å². The highest BCUT2D eigenvalue weighted by atomic mass is 16.2. The van der Waals surface area contributed by atoms with E-state index in [1.165, 1.54) is 5.57 Å². The van der Waals surface area contributed by atoms with Gasteiger partial charge in [-0.3, -0.25) is 9.59 Å². The maximum absolute atomic E-state index is 12.9. The number of rotatable bonds is 7. The van der Waals surface area contributed by atoms with E-state index >= 15 is 0 Å². The summed E-state index contributed by atoms with van der Waals surface area (Å²) in [6.45, 7) is 4.22. The maximum atomic E-state index is 12.9. The number of carbonyl (C=O) groups excluding carboxylic acids is 2. The predicted octanol–water partition coefficient (Wildman–Crippen LogP) is 4.03. The number of hydrazone groups is 1. The maximum Gasteiger partial charge on any atom is 0.259 e. The van der Waals surface area contributed by atoms with Crippen LogP contribution in [0.1, 0.15) is 43.7 Å². The lowest BCUT2D eigenvalue weighted by Crippen LogP contribution is -2.38. The molecule has 3 rings (SSSR count). The molecular weight excluding hydrogens is 374 g/mol. The fourth-order valence-corrected chi connectivity index (χ4v) is 3.82. The van der Waals surface area contributed by atoms with Gasteiger partial charge in [-0.25, -0.2) is 5.43 Å². The third-order valence-corrected chi connectivity index (χ3v) is 5.52. The zero-order valence-electron chi connectivity index (χ0n) is 17.5. The summed E-state index contributed by atoms with van der Waals surface area (Å²) < 4.78 is 0. The predicted molar refractivity (Wildman–Crippen MR) is 120 cm³/mol. The normalized spacial score (nSPS) is 18.8. The first kappa shape index (κ1) is 21.5. The first-order valence-corrected chi connectivity index (χ1v) is 10.4. The molecule has 2 aromatic rings. The van der Waals surface area contributed by atoms with E-state index in [2.05, 4.69) is 35.8 Å². The van der Waals surface area contributed by atoms with Crippen LogP contribution >= 0.6 is 0 Å². The van der Waals surface area contributed by atoms with Crippen LogP contribution in [0.15, 0.2) is 77.4 Å². The zero-order chi connectivity index (χ0) is 21.3. The van der Waals surface area contributed by atoms with Crippen LogP contribution in [0.25, 0.3) is 0 Å². The molecule has 0 heterocycles. The molecule has 1 aliphatic rings. The fourth-order valence-electron chi connectivity index (χ4n) is 3.82. The van der Waals surface area contributed by atoms with Gasteiger partial charge in [0.25, 0.3) is 5.91 Å². The van der Waals surface area contributed by atoms with Crippen LogP contribution in [0, 0.1) is 11.8 Å². The van der Waals surface area contributed by atoms with E-state index in [9.17, 15) is 9.59 Å². The van der Waals surface area contributed by atoms with Crippen molar-refractivity contribution in [1.82, 2.24) is 10.7 Å². The van der Waals surface area contributed by atoms with Crippen molar-refractivity contribution < 1.29 is 9.59 Å². The van der Waals surface area contributed by atoms with E-state index in [0.717, 1.165) is 24.0 Å². The molecule has 0 saturated carbocycles. The van der Waals surface area contributed by atoms with Gasteiger partial charge in [0.2, 0.25) is 5.91 Å². The second-order valence-electron chi connectivity index (χ2n) is 7.92. The Hall–Kier alpha value is -3.21. The van der Waals surface area contributed by atoms with E-state index in [-0.39, 0.29) is 18.4 Å². The molecule has 0 fully saturated rings. The van der Waals surface area contributed by atoms with Crippen molar-refractivity contribution in [3.8, 4) is 0 Å². The van der Waals surface area contributed by atoms with Crippen molar-refractivity contribution in [2.24, 2.45) is 16.9 Å². The van der Waals surface area contributed by atoms with Crippen LogP contribution in [0.3, 0.4) is 0 Å². The summed E-state index contributed by atoms with van der Waals surface area (Å²) in [5.41, 5.74) is 5.71. The number of nitrogens with zero attached hydrogens (tertiary/aromatic N) is 1. The van der Waals surface area contributed by atoms with Crippen LogP contribution in [-0.2, 0) is 9.59 Å². The molecule has 0 unspecified atom stereocenters. The van der Waals surface area contributed by atoms with Gasteiger partial charge in [-0.05, 0) is 36.8 Å². The third kappa shape index (κ3) is 5.89. The number of amides is 2. The molecule has 156 valence electrons. The standard InChI is InChI=1S/C25H29N3O2/c1-18-13-14-22(19(2)15-18)16-27-28-23(29)17-26-25(30)24(20-9-5-3-6-10-20)21-11-7-4-8-12-21/h3-13,16,19,22,24H,14-15,17H2,1-2H3,(H,26,30)(H,28,29)/b27-16-/t19-,22-/m1/s1. The van der Waals surface area contributed by atoms with Gasteiger partial charge in [-0.1, -0.05) is 79.2 Å². The molecule has 0 aromatic heterocycles. The van der Waals surface area contributed by atoms with Gasteiger partial charge in [0.05, 0.1) is 12.5 Å². The van der Waals surface area contributed by atoms with E-state index in [4.69, 9.17) is 0 Å². The minimum Gasteiger partial charge on any atom is -0.346 e. The van der Waals surface area contributed by atoms with Crippen molar-refractivity contribution in [3.05, 3.63) is 83.4 Å². The molecule has 2 aromatic carbocycles. The first-order chi connectivity index (χ1) is 14.5. The molecule has 0 radical (unpaired) electrons. The Morgan fingerprint density at radius 1 is 1.07 bits per heavy atom. The summed E-state index contributed by atoms with van der Waals surface area (Å²) >= 11 is 0. The first-order valence-electron chi connectivity index (χ1n) is 10.4. The largest absolute Gasteiger partial charge is 0.346 e. The van der Waals surface area contributed by atoms with Crippen LogP contribution < -0.4 is 10.7 Å². The molecule has 5 nitrogen and oxygen atoms in total. The molecule has 2 N–H and O–H groups in total. The Bertz CT molecular complexity index is 867. The highest BCUT2D eigenvalue weighted by molar-refractivity contribution is 5.90. The molecule has 0 aliphatic heterocycles. The van der Waals surface area contributed by atoms with E-state index in [1.54, 1.807) is 0 Å². The molecular formula is C25H29N3O2. The van der Waals surface area contributed by atoms with Gasteiger partial charge in [0, 0.05) is 12.1 Å². The lowest BCUT2D eigenvalue weighted by atomic mass is 9.82. The van der Waals surface area contributed by atoms with E-state index in [1.807, 2.05) is 66.9 Å². The number of nitrogens with one attached hydrogen (secondary N) is 2. The van der Waals surface area contributed by atoms with Crippen LogP contribution in [-0.4, -0.2) is 24.6 Å². The van der Waals surface area contributed by atoms with Gasteiger partial charge >= 0.3 is 0 Å². The Kier molecular flexibility index (Phi) is 7.55. The summed E-state index contributed by atoms with van der Waals surface area (Å²) in [7, 11) is 0. The lowest BCUT2D eigenvalue weighted by Gasteiger charge is -2.24. The minimum atomic E-state index is -0.471. The minimum absolute atomic E-state index is 0.119. The third-order valence-electron chi connectivity index (χ3n) is 5.52. The summed E-state index contributed by atoms with van der Waals surface area (Å²) in [6.07, 6.45) is 6.04. The van der Waals surface area contributed by atoms with Gasteiger partial charge in [-0.15, -0.1) is 0 Å². The summed E-state index contributed by atoms with van der Waals surface area (Å²) in [5.74, 6) is -0.193. The zero-order valence-corrected chi connectivity index (χ0v) is 17.5. The quantitative estimate of drug-likeness (QED) is 0.416. The average molecular weight is 404 g/mol. The van der Waals surface area contributed by atoms with E-state index < -0.39 is 5.92 Å². The van der Waals surface area contributed by atoms with Crippen LogP contribution in [0.2, 0.25) is 0 Å². The van der Waals surface area contributed by atoms with Crippen molar-refractivity contribution in [1.29, 1.82) is 0 Å². The van der Waals surface area contributed by atoms with Gasteiger partial charge in [0.1, 0.15) is 0 Å². The highest BCUT2D eigenvalue weighted by Gasteiger charge is 2.23. The van der Waals surface area contributed by atoms with E-state index in [0.29, 0.717) is 11.8 Å². The average Bonchev–Trinajstić information content (AvgIpc) is 2.75. The number of allylic oxidation sites excluding steroid dienone is 2. The molecule has 1 aliphatic carbocycles. The van der Waals surface area contributed by atoms with Crippen LogP contribution in [0.5, 0.6) is 0 Å². The second kappa shape index (κ2) is 10.5. The summed E-state index contributed by atoms with van der Waals surface area (Å²) in [4.78, 5) is 25.1. The van der Waals surface area contributed by atoms with Crippen molar-refractivity contribution >= 4 is 18.0 Å². The van der Waals surface area contributed by atoms with Crippen molar-refractivity contribution in [2.45, 2.75) is 32.6 Å². The number of hydrogen-bond acceptors (Lipinski definition) is 3. The van der Waals surface area contributed by atoms with Gasteiger partial charge < -0.3 is 5.32 Å². The molecule has 2 amide bonds. The van der Waals surface area contributed by atoms with Gasteiger partial charge in [-0.2, -0.15) is 5.10 Å². The summed E-state index contributed by atoms with van der Waals surface area (Å²) in [6, 6.07) is 19.1. The smallest absolute Gasteiger partial charge is 0.259 e. The Morgan fingerprint density at radius 3 is 2.23 bits per heavy atom. The molecule has 5 heteroatoms. The van der Waals surface area contributed by atoms with Crippen molar-refractivity contribution in [2.75, 3.05) is 6.54 Å². The van der Waals surface area contributed by atoms with Gasteiger partial charge in [0.15, 0.2) is 0 Å². The number of carbonyl (C=O) groups is 2.